The third-order valence-corrected chi connectivity index (χ3v) is 3.49. The van der Waals surface area contributed by atoms with Crippen LogP contribution in [0.4, 0.5) is 10.8 Å². The Morgan fingerprint density at radius 2 is 2.28 bits per heavy atom. The van der Waals surface area contributed by atoms with Crippen molar-refractivity contribution in [3.8, 4) is 0 Å². The predicted octanol–water partition coefficient (Wildman–Crippen LogP) is 2.23. The number of aromatic nitrogens is 1. The number of Topliss-reactive ketones (excluding diaryl/α,β-unsaturated/α-hetero) is 1. The SMILES string of the molecule is CC(=O)CN(C)c1nc2ccc([N+](=O)[O-])cc2s1. The number of hydrogen-bond donors (Lipinski definition) is 0. The molecule has 0 aliphatic rings. The molecule has 0 aliphatic heterocycles. The first-order valence-corrected chi connectivity index (χ1v) is 6.04. The average molecular weight is 265 g/mol. The lowest BCUT2D eigenvalue weighted by atomic mass is 10.3. The van der Waals surface area contributed by atoms with E-state index in [0.717, 1.165) is 4.70 Å². The van der Waals surface area contributed by atoms with Crippen LogP contribution in [0.1, 0.15) is 6.92 Å². The largest absolute Gasteiger partial charge is 0.344 e. The van der Waals surface area contributed by atoms with Crippen LogP contribution in [-0.4, -0.2) is 29.3 Å². The maximum absolute atomic E-state index is 11.0. The lowest BCUT2D eigenvalue weighted by Crippen LogP contribution is -2.23. The van der Waals surface area contributed by atoms with Gasteiger partial charge in [0.05, 0.1) is 21.7 Å². The van der Waals surface area contributed by atoms with Gasteiger partial charge in [-0.2, -0.15) is 0 Å². The second-order valence-corrected chi connectivity index (χ2v) is 4.97. The fraction of sp³-hybridized carbons (Fsp3) is 0.273. The van der Waals surface area contributed by atoms with Crippen molar-refractivity contribution < 1.29 is 9.72 Å². The number of carbonyl (C=O) groups excluding carboxylic acids is 1. The molecule has 94 valence electrons. The van der Waals surface area contributed by atoms with Crippen LogP contribution in [0.15, 0.2) is 18.2 Å². The summed E-state index contributed by atoms with van der Waals surface area (Å²) in [5.41, 5.74) is 0.753. The van der Waals surface area contributed by atoms with Crippen molar-refractivity contribution in [3.05, 3.63) is 28.3 Å². The van der Waals surface area contributed by atoms with Gasteiger partial charge < -0.3 is 4.90 Å². The Kier molecular flexibility index (Phi) is 3.24. The molecule has 6 nitrogen and oxygen atoms in total. The molecule has 0 fully saturated rings. The van der Waals surface area contributed by atoms with E-state index in [-0.39, 0.29) is 18.0 Å². The van der Waals surface area contributed by atoms with Gasteiger partial charge in [0.2, 0.25) is 0 Å². The standard InChI is InChI=1S/C11H11N3O3S/c1-7(15)6-13(2)11-12-9-4-3-8(14(16)17)5-10(9)18-11/h3-5H,6H2,1-2H3. The molecule has 0 atom stereocenters. The summed E-state index contributed by atoms with van der Waals surface area (Å²) in [6.45, 7) is 1.79. The number of benzene rings is 1. The van der Waals surface area contributed by atoms with Crippen LogP contribution >= 0.6 is 11.3 Å². The van der Waals surface area contributed by atoms with E-state index < -0.39 is 4.92 Å². The fourth-order valence-electron chi connectivity index (χ4n) is 1.58. The van der Waals surface area contributed by atoms with Crippen molar-refractivity contribution in [3.63, 3.8) is 0 Å². The Morgan fingerprint density at radius 1 is 1.56 bits per heavy atom. The van der Waals surface area contributed by atoms with Gasteiger partial charge in [-0.3, -0.25) is 14.9 Å². The lowest BCUT2D eigenvalue weighted by molar-refractivity contribution is -0.384. The summed E-state index contributed by atoms with van der Waals surface area (Å²) in [4.78, 5) is 27.3. The molecule has 0 bridgehead atoms. The van der Waals surface area contributed by atoms with Gasteiger partial charge in [-0.15, -0.1) is 0 Å². The zero-order valence-electron chi connectivity index (χ0n) is 9.91. The molecule has 0 unspecified atom stereocenters. The van der Waals surface area contributed by atoms with Crippen molar-refractivity contribution in [1.82, 2.24) is 4.98 Å². The number of anilines is 1. The van der Waals surface area contributed by atoms with Crippen molar-refractivity contribution in [1.29, 1.82) is 0 Å². The first-order valence-electron chi connectivity index (χ1n) is 5.23. The molecule has 1 aromatic heterocycles. The monoisotopic (exact) mass is 265 g/mol. The number of carbonyl (C=O) groups is 1. The number of fused-ring (bicyclic) bond motifs is 1. The minimum atomic E-state index is -0.432. The molecule has 0 N–H and O–H groups in total. The zero-order chi connectivity index (χ0) is 13.3. The van der Waals surface area contributed by atoms with Crippen molar-refractivity contribution in [2.24, 2.45) is 0 Å². The Bertz CT molecular complexity index is 623. The van der Waals surface area contributed by atoms with E-state index in [2.05, 4.69) is 4.98 Å². The first kappa shape index (κ1) is 12.4. The molecule has 2 aromatic rings. The summed E-state index contributed by atoms with van der Waals surface area (Å²) in [5.74, 6) is 0.0442. The first-order chi connectivity index (χ1) is 8.47. The van der Waals surface area contributed by atoms with E-state index in [4.69, 9.17) is 0 Å². The average Bonchev–Trinajstić information content (AvgIpc) is 2.70. The topological polar surface area (TPSA) is 76.3 Å². The molecule has 18 heavy (non-hydrogen) atoms. The molecule has 0 spiro atoms. The molecule has 0 saturated heterocycles. The summed E-state index contributed by atoms with van der Waals surface area (Å²) >= 11 is 1.34. The van der Waals surface area contributed by atoms with E-state index in [1.165, 1.54) is 30.4 Å². The van der Waals surface area contributed by atoms with Gasteiger partial charge in [-0.05, 0) is 13.0 Å². The number of likely N-dealkylation sites (N-methyl/N-ethyl adjacent to an activating group) is 1. The second kappa shape index (κ2) is 4.69. The zero-order valence-corrected chi connectivity index (χ0v) is 10.7. The van der Waals surface area contributed by atoms with E-state index >= 15 is 0 Å². The van der Waals surface area contributed by atoms with Gasteiger partial charge in [0.25, 0.3) is 5.69 Å². The van der Waals surface area contributed by atoms with E-state index in [9.17, 15) is 14.9 Å². The molecular formula is C11H11N3O3S. The third-order valence-electron chi connectivity index (χ3n) is 2.36. The summed E-state index contributed by atoms with van der Waals surface area (Å²) in [5, 5.41) is 11.3. The highest BCUT2D eigenvalue weighted by Gasteiger charge is 2.13. The fourth-order valence-corrected chi connectivity index (χ4v) is 2.54. The second-order valence-electron chi connectivity index (χ2n) is 3.96. The molecule has 2 rings (SSSR count). The highest BCUT2D eigenvalue weighted by atomic mass is 32.1. The molecular weight excluding hydrogens is 254 g/mol. The van der Waals surface area contributed by atoms with Crippen LogP contribution in [0.5, 0.6) is 0 Å². The maximum atomic E-state index is 11.0. The van der Waals surface area contributed by atoms with E-state index in [1.54, 1.807) is 18.0 Å². The molecule has 1 heterocycles. The van der Waals surface area contributed by atoms with Gasteiger partial charge in [0, 0.05) is 19.2 Å². The van der Waals surface area contributed by atoms with Crippen LogP contribution in [0.2, 0.25) is 0 Å². The number of nitro groups is 1. The normalized spacial score (nSPS) is 10.6. The molecule has 0 amide bonds. The number of nitrogens with zero attached hydrogens (tertiary/aromatic N) is 3. The third kappa shape index (κ3) is 2.45. The number of hydrogen-bond acceptors (Lipinski definition) is 6. The van der Waals surface area contributed by atoms with E-state index in [0.29, 0.717) is 10.6 Å². The number of nitro benzene ring substituents is 1. The van der Waals surface area contributed by atoms with Crippen LogP contribution in [-0.2, 0) is 4.79 Å². The number of rotatable bonds is 4. The smallest absolute Gasteiger partial charge is 0.270 e. The highest BCUT2D eigenvalue weighted by Crippen LogP contribution is 2.30. The number of ketones is 1. The van der Waals surface area contributed by atoms with Crippen molar-refractivity contribution in [2.45, 2.75) is 6.92 Å². The Hall–Kier alpha value is -2.02. The summed E-state index contributed by atoms with van der Waals surface area (Å²) < 4.78 is 0.745. The van der Waals surface area contributed by atoms with Crippen molar-refractivity contribution in [2.75, 3.05) is 18.5 Å². The predicted molar refractivity (Wildman–Crippen MR) is 70.2 cm³/mol. The Labute approximate surface area is 107 Å². The van der Waals surface area contributed by atoms with Crippen LogP contribution < -0.4 is 4.90 Å². The van der Waals surface area contributed by atoms with E-state index in [1.807, 2.05) is 0 Å². The molecule has 7 heteroatoms. The minimum Gasteiger partial charge on any atom is -0.344 e. The van der Waals surface area contributed by atoms with Gasteiger partial charge >= 0.3 is 0 Å². The number of non-ortho nitro benzene ring substituents is 1. The van der Waals surface area contributed by atoms with Gasteiger partial charge in [-0.1, -0.05) is 11.3 Å². The maximum Gasteiger partial charge on any atom is 0.270 e. The van der Waals surface area contributed by atoms with Crippen LogP contribution in [0.25, 0.3) is 10.2 Å². The van der Waals surface area contributed by atoms with Gasteiger partial charge in [0.1, 0.15) is 5.78 Å². The summed E-state index contributed by atoms with van der Waals surface area (Å²) in [7, 11) is 1.77. The lowest BCUT2D eigenvalue weighted by Gasteiger charge is -2.12. The molecule has 0 radical (unpaired) electrons. The minimum absolute atomic E-state index is 0.0442. The highest BCUT2D eigenvalue weighted by molar-refractivity contribution is 7.22. The molecule has 0 saturated carbocycles. The summed E-state index contributed by atoms with van der Waals surface area (Å²) in [6.07, 6.45) is 0. The Morgan fingerprint density at radius 3 is 2.89 bits per heavy atom. The summed E-state index contributed by atoms with van der Waals surface area (Å²) in [6, 6.07) is 4.55. The van der Waals surface area contributed by atoms with Gasteiger partial charge in [-0.25, -0.2) is 4.98 Å². The quantitative estimate of drug-likeness (QED) is 0.625. The van der Waals surface area contributed by atoms with Crippen LogP contribution in [0, 0.1) is 10.1 Å². The van der Waals surface area contributed by atoms with Crippen LogP contribution in [0.3, 0.4) is 0 Å². The Balaban J connectivity index is 2.38. The number of thiazole rings is 1. The molecule has 1 aromatic carbocycles. The van der Waals surface area contributed by atoms with Crippen molar-refractivity contribution >= 4 is 38.2 Å². The molecule has 0 aliphatic carbocycles. The van der Waals surface area contributed by atoms with Gasteiger partial charge in [0.15, 0.2) is 5.13 Å².